The maximum atomic E-state index is 11.8. The molecule has 1 aromatic carbocycles. The molecular formula is C13H17ClN2O3S. The lowest BCUT2D eigenvalue weighted by Crippen LogP contribution is -2.37. The van der Waals surface area contributed by atoms with Crippen molar-refractivity contribution in [1.29, 1.82) is 0 Å². The molecule has 1 unspecified atom stereocenters. The number of benzene rings is 1. The fraction of sp³-hybridized carbons (Fsp3) is 0.385. The van der Waals surface area contributed by atoms with Crippen LogP contribution < -0.4 is 10.6 Å². The second-order valence-electron chi connectivity index (χ2n) is 4.16. The monoisotopic (exact) mass is 316 g/mol. The number of urea groups is 1. The zero-order valence-electron chi connectivity index (χ0n) is 11.3. The Bertz CT molecular complexity index is 497. The van der Waals surface area contributed by atoms with Gasteiger partial charge in [-0.3, -0.25) is 0 Å². The summed E-state index contributed by atoms with van der Waals surface area (Å²) in [4.78, 5) is 22.7. The zero-order valence-corrected chi connectivity index (χ0v) is 12.8. The first-order chi connectivity index (χ1) is 9.43. The fourth-order valence-electron chi connectivity index (χ4n) is 1.47. The van der Waals surface area contributed by atoms with E-state index < -0.39 is 12.0 Å². The highest BCUT2D eigenvalue weighted by Crippen LogP contribution is 2.23. The largest absolute Gasteiger partial charge is 0.478 e. The molecule has 0 fully saturated rings. The second-order valence-corrected chi connectivity index (χ2v) is 5.88. The minimum absolute atomic E-state index is 0.0152. The number of carboxylic acid groups (broad SMARTS) is 1. The molecule has 0 saturated heterocycles. The van der Waals surface area contributed by atoms with Crippen LogP contribution in [-0.4, -0.2) is 34.7 Å². The van der Waals surface area contributed by atoms with Crippen molar-refractivity contribution in [3.05, 3.63) is 28.8 Å². The van der Waals surface area contributed by atoms with Crippen LogP contribution in [0.5, 0.6) is 0 Å². The SMILES string of the molecule is CCSCC(C)NC(=O)Nc1cc(C(=O)O)ccc1Cl. The topological polar surface area (TPSA) is 78.4 Å². The molecule has 20 heavy (non-hydrogen) atoms. The van der Waals surface area contributed by atoms with E-state index in [4.69, 9.17) is 16.7 Å². The molecule has 1 atom stereocenters. The van der Waals surface area contributed by atoms with Crippen molar-refractivity contribution in [2.45, 2.75) is 19.9 Å². The number of carbonyl (C=O) groups is 2. The normalized spacial score (nSPS) is 11.8. The molecular weight excluding hydrogens is 300 g/mol. The van der Waals surface area contributed by atoms with Crippen molar-refractivity contribution in [1.82, 2.24) is 5.32 Å². The zero-order chi connectivity index (χ0) is 15.1. The molecule has 0 aliphatic rings. The Morgan fingerprint density at radius 2 is 2.15 bits per heavy atom. The van der Waals surface area contributed by atoms with Gasteiger partial charge in [-0.2, -0.15) is 11.8 Å². The molecule has 0 heterocycles. The van der Waals surface area contributed by atoms with E-state index in [1.807, 2.05) is 6.92 Å². The molecule has 0 bridgehead atoms. The summed E-state index contributed by atoms with van der Waals surface area (Å²) in [5, 5.41) is 14.5. The number of rotatable bonds is 6. The summed E-state index contributed by atoms with van der Waals surface area (Å²) in [5.74, 6) is 0.727. The second kappa shape index (κ2) is 8.01. The van der Waals surface area contributed by atoms with Gasteiger partial charge >= 0.3 is 12.0 Å². The third kappa shape index (κ3) is 5.30. The van der Waals surface area contributed by atoms with E-state index in [0.29, 0.717) is 5.02 Å². The molecule has 5 nitrogen and oxygen atoms in total. The summed E-state index contributed by atoms with van der Waals surface area (Å²) in [6, 6.07) is 3.76. The number of halogens is 1. The number of aromatic carboxylic acids is 1. The van der Waals surface area contributed by atoms with E-state index in [1.54, 1.807) is 11.8 Å². The number of amides is 2. The molecule has 3 N–H and O–H groups in total. The Morgan fingerprint density at radius 3 is 2.75 bits per heavy atom. The van der Waals surface area contributed by atoms with Crippen molar-refractivity contribution in [2.75, 3.05) is 16.8 Å². The average molecular weight is 317 g/mol. The third-order valence-corrected chi connectivity index (χ3v) is 3.88. The van der Waals surface area contributed by atoms with Crippen molar-refractivity contribution in [3.8, 4) is 0 Å². The molecule has 2 amide bonds. The van der Waals surface area contributed by atoms with Crippen LogP contribution in [0.2, 0.25) is 5.02 Å². The Hall–Kier alpha value is -1.40. The number of hydrogen-bond acceptors (Lipinski definition) is 3. The van der Waals surface area contributed by atoms with Crippen molar-refractivity contribution in [3.63, 3.8) is 0 Å². The van der Waals surface area contributed by atoms with Gasteiger partial charge in [0.15, 0.2) is 0 Å². The summed E-state index contributed by atoms with van der Waals surface area (Å²) >= 11 is 7.65. The number of nitrogens with one attached hydrogen (secondary N) is 2. The summed E-state index contributed by atoms with van der Waals surface area (Å²) < 4.78 is 0. The highest BCUT2D eigenvalue weighted by atomic mass is 35.5. The standard InChI is InChI=1S/C13H17ClN2O3S/c1-3-20-7-8(2)15-13(19)16-11-6-9(12(17)18)4-5-10(11)14/h4-6,8H,3,7H2,1-2H3,(H,17,18)(H2,15,16,19). The van der Waals surface area contributed by atoms with Gasteiger partial charge in [0.1, 0.15) is 0 Å². The lowest BCUT2D eigenvalue weighted by Gasteiger charge is -2.14. The van der Waals surface area contributed by atoms with Gasteiger partial charge in [0, 0.05) is 11.8 Å². The van der Waals surface area contributed by atoms with E-state index in [1.165, 1.54) is 18.2 Å². The van der Waals surface area contributed by atoms with Gasteiger partial charge in [-0.25, -0.2) is 9.59 Å². The average Bonchev–Trinajstić information content (AvgIpc) is 2.38. The summed E-state index contributed by atoms with van der Waals surface area (Å²) in [6.07, 6.45) is 0. The number of carbonyl (C=O) groups excluding carboxylic acids is 1. The van der Waals surface area contributed by atoms with Gasteiger partial charge in [-0.1, -0.05) is 18.5 Å². The van der Waals surface area contributed by atoms with E-state index >= 15 is 0 Å². The van der Waals surface area contributed by atoms with Crippen LogP contribution in [0.1, 0.15) is 24.2 Å². The molecule has 1 aromatic rings. The molecule has 0 aromatic heterocycles. The lowest BCUT2D eigenvalue weighted by atomic mass is 10.2. The molecule has 0 radical (unpaired) electrons. The minimum atomic E-state index is -1.07. The third-order valence-electron chi connectivity index (χ3n) is 2.41. The van der Waals surface area contributed by atoms with Crippen molar-refractivity contribution >= 4 is 41.1 Å². The van der Waals surface area contributed by atoms with Crippen molar-refractivity contribution < 1.29 is 14.7 Å². The maximum Gasteiger partial charge on any atom is 0.335 e. The van der Waals surface area contributed by atoms with Crippen LogP contribution >= 0.6 is 23.4 Å². The quantitative estimate of drug-likeness (QED) is 0.752. The number of carboxylic acids is 1. The molecule has 110 valence electrons. The van der Waals surface area contributed by atoms with Crippen molar-refractivity contribution in [2.24, 2.45) is 0 Å². The van der Waals surface area contributed by atoms with Crippen LogP contribution in [0, 0.1) is 0 Å². The highest BCUT2D eigenvalue weighted by molar-refractivity contribution is 7.99. The van der Waals surface area contributed by atoms with Gasteiger partial charge < -0.3 is 15.7 Å². The molecule has 0 aliphatic carbocycles. The van der Waals surface area contributed by atoms with Gasteiger partial charge in [-0.05, 0) is 30.9 Å². The predicted octanol–water partition coefficient (Wildman–Crippen LogP) is 3.30. The predicted molar refractivity (Wildman–Crippen MR) is 83.0 cm³/mol. The summed E-state index contributed by atoms with van der Waals surface area (Å²) in [5.41, 5.74) is 0.346. The van der Waals surface area contributed by atoms with Crippen LogP contribution in [0.3, 0.4) is 0 Å². The number of hydrogen-bond donors (Lipinski definition) is 3. The first-order valence-electron chi connectivity index (χ1n) is 6.12. The smallest absolute Gasteiger partial charge is 0.335 e. The van der Waals surface area contributed by atoms with Gasteiger partial charge in [0.25, 0.3) is 0 Å². The van der Waals surface area contributed by atoms with Gasteiger partial charge in [0.2, 0.25) is 0 Å². The lowest BCUT2D eigenvalue weighted by molar-refractivity contribution is 0.0697. The number of anilines is 1. The Morgan fingerprint density at radius 1 is 1.45 bits per heavy atom. The Balaban J connectivity index is 2.65. The molecule has 0 spiro atoms. The molecule has 7 heteroatoms. The summed E-state index contributed by atoms with van der Waals surface area (Å²) in [7, 11) is 0. The van der Waals surface area contributed by atoms with E-state index in [2.05, 4.69) is 17.6 Å². The highest BCUT2D eigenvalue weighted by Gasteiger charge is 2.11. The van der Waals surface area contributed by atoms with E-state index in [0.717, 1.165) is 11.5 Å². The van der Waals surface area contributed by atoms with Gasteiger partial charge in [-0.15, -0.1) is 0 Å². The van der Waals surface area contributed by atoms with Crippen LogP contribution in [0.15, 0.2) is 18.2 Å². The maximum absolute atomic E-state index is 11.8. The molecule has 0 aliphatic heterocycles. The number of thioether (sulfide) groups is 1. The minimum Gasteiger partial charge on any atom is -0.478 e. The summed E-state index contributed by atoms with van der Waals surface area (Å²) in [6.45, 7) is 3.95. The van der Waals surface area contributed by atoms with Crippen LogP contribution in [0.25, 0.3) is 0 Å². The van der Waals surface area contributed by atoms with E-state index in [-0.39, 0.29) is 17.3 Å². The first-order valence-corrected chi connectivity index (χ1v) is 7.65. The van der Waals surface area contributed by atoms with Crippen LogP contribution in [0.4, 0.5) is 10.5 Å². The Kier molecular flexibility index (Phi) is 6.67. The first kappa shape index (κ1) is 16.7. The van der Waals surface area contributed by atoms with E-state index in [9.17, 15) is 9.59 Å². The molecule has 1 rings (SSSR count). The fourth-order valence-corrected chi connectivity index (χ4v) is 2.31. The Labute approximate surface area is 127 Å². The van der Waals surface area contributed by atoms with Crippen LogP contribution in [-0.2, 0) is 0 Å². The van der Waals surface area contributed by atoms with Gasteiger partial charge in [0.05, 0.1) is 16.3 Å². The molecule has 0 saturated carbocycles.